The van der Waals surface area contributed by atoms with Gasteiger partial charge in [-0.2, -0.15) is 0 Å². The number of methoxy groups -OCH3 is 1. The van der Waals surface area contributed by atoms with Crippen LogP contribution in [0, 0.1) is 0 Å². The lowest BCUT2D eigenvalue weighted by atomic mass is 10.3. The van der Waals surface area contributed by atoms with Crippen LogP contribution in [-0.2, 0) is 0 Å². The van der Waals surface area contributed by atoms with Crippen molar-refractivity contribution in [3.8, 4) is 11.4 Å². The van der Waals surface area contributed by atoms with Crippen molar-refractivity contribution >= 4 is 11.5 Å². The smallest absolute Gasteiger partial charge is 0.273 e. The molecule has 2 aromatic carbocycles. The predicted octanol–water partition coefficient (Wildman–Crippen LogP) is 2.92. The first-order valence-electron chi connectivity index (χ1n) is 6.55. The molecule has 0 spiro atoms. The summed E-state index contributed by atoms with van der Waals surface area (Å²) in [4.78, 5) is 12.0. The minimum Gasteiger partial charge on any atom is -0.497 e. The molecule has 3 aromatic rings. The van der Waals surface area contributed by atoms with Gasteiger partial charge in [0, 0.05) is 11.8 Å². The van der Waals surface area contributed by atoms with E-state index in [9.17, 15) is 4.79 Å². The number of aromatic nitrogens is 2. The normalized spacial score (nSPS) is 10.3. The topological polar surface area (TPSA) is 59.0 Å². The zero-order valence-corrected chi connectivity index (χ0v) is 11.5. The summed E-state index contributed by atoms with van der Waals surface area (Å²) < 4.78 is 6.60. The summed E-state index contributed by atoms with van der Waals surface area (Å²) in [6.07, 6.45) is 0. The molecule has 1 aromatic heterocycles. The molecule has 0 unspecified atom stereocenters. The Labute approximate surface area is 121 Å². The molecule has 0 radical (unpaired) electrons. The Kier molecular flexibility index (Phi) is 3.47. The van der Waals surface area contributed by atoms with E-state index in [0.29, 0.717) is 5.82 Å². The quantitative estimate of drug-likeness (QED) is 0.773. The Morgan fingerprint density at radius 3 is 2.43 bits per heavy atom. The van der Waals surface area contributed by atoms with Gasteiger partial charge in [0.25, 0.3) is 5.56 Å². The summed E-state index contributed by atoms with van der Waals surface area (Å²) in [6, 6.07) is 18.4. The van der Waals surface area contributed by atoms with Crippen LogP contribution in [0.5, 0.6) is 5.75 Å². The molecule has 1 heterocycles. The van der Waals surface area contributed by atoms with Crippen LogP contribution in [-0.4, -0.2) is 16.9 Å². The molecule has 0 atom stereocenters. The maximum Gasteiger partial charge on any atom is 0.273 e. The van der Waals surface area contributed by atoms with Gasteiger partial charge in [0.1, 0.15) is 11.6 Å². The van der Waals surface area contributed by atoms with Crippen LogP contribution in [0.1, 0.15) is 0 Å². The highest BCUT2D eigenvalue weighted by Crippen LogP contribution is 2.18. The second kappa shape index (κ2) is 5.58. The Morgan fingerprint density at radius 1 is 1.05 bits per heavy atom. The Bertz CT molecular complexity index is 773. The van der Waals surface area contributed by atoms with Crippen LogP contribution in [0.15, 0.2) is 65.5 Å². The number of para-hydroxylation sites is 1. The van der Waals surface area contributed by atoms with Gasteiger partial charge in [-0.15, -0.1) is 0 Å². The van der Waals surface area contributed by atoms with Crippen molar-refractivity contribution in [2.24, 2.45) is 0 Å². The molecule has 106 valence electrons. The summed E-state index contributed by atoms with van der Waals surface area (Å²) in [6.45, 7) is 0. The fourth-order valence-corrected chi connectivity index (χ4v) is 2.06. The van der Waals surface area contributed by atoms with Gasteiger partial charge in [-0.05, 0) is 36.4 Å². The third-order valence-electron chi connectivity index (χ3n) is 3.10. The zero-order chi connectivity index (χ0) is 14.7. The molecule has 0 amide bonds. The standard InChI is InChI=1S/C16H15N3O2/c1-21-14-9-7-12(8-10-14)17-15-11-16(20)19(18-15)13-5-3-2-4-6-13/h2-11,17-18H,1H3. The van der Waals surface area contributed by atoms with Gasteiger partial charge < -0.3 is 10.1 Å². The first kappa shape index (κ1) is 13.1. The summed E-state index contributed by atoms with van der Waals surface area (Å²) in [5, 5.41) is 6.19. The first-order chi connectivity index (χ1) is 10.3. The molecule has 0 saturated heterocycles. The summed E-state index contributed by atoms with van der Waals surface area (Å²) in [5.74, 6) is 1.42. The third-order valence-corrected chi connectivity index (χ3v) is 3.10. The largest absolute Gasteiger partial charge is 0.497 e. The number of benzene rings is 2. The SMILES string of the molecule is COc1ccc(Nc2cc(=O)n(-c3ccccc3)[nH]2)cc1. The Hall–Kier alpha value is -2.95. The molecular formula is C16H15N3O2. The molecule has 5 nitrogen and oxygen atoms in total. The summed E-state index contributed by atoms with van der Waals surface area (Å²) >= 11 is 0. The molecule has 3 rings (SSSR count). The second-order valence-electron chi connectivity index (χ2n) is 4.53. The number of ether oxygens (including phenoxy) is 1. The molecule has 21 heavy (non-hydrogen) atoms. The Morgan fingerprint density at radius 2 is 1.76 bits per heavy atom. The van der Waals surface area contributed by atoms with E-state index in [0.717, 1.165) is 17.1 Å². The molecule has 0 bridgehead atoms. The number of hydrogen-bond donors (Lipinski definition) is 2. The molecule has 0 aliphatic carbocycles. The second-order valence-corrected chi connectivity index (χ2v) is 4.53. The number of aromatic amines is 1. The van der Waals surface area contributed by atoms with Crippen molar-refractivity contribution < 1.29 is 4.74 Å². The van der Waals surface area contributed by atoms with E-state index in [2.05, 4.69) is 10.4 Å². The zero-order valence-electron chi connectivity index (χ0n) is 11.5. The van der Waals surface area contributed by atoms with Crippen LogP contribution in [0.3, 0.4) is 0 Å². The highest BCUT2D eigenvalue weighted by Gasteiger charge is 2.05. The lowest BCUT2D eigenvalue weighted by Crippen LogP contribution is -2.12. The van der Waals surface area contributed by atoms with E-state index in [4.69, 9.17) is 4.74 Å². The van der Waals surface area contributed by atoms with Crippen molar-refractivity contribution in [3.63, 3.8) is 0 Å². The van der Waals surface area contributed by atoms with Gasteiger partial charge in [-0.1, -0.05) is 18.2 Å². The summed E-state index contributed by atoms with van der Waals surface area (Å²) in [7, 11) is 1.62. The van der Waals surface area contributed by atoms with Crippen LogP contribution in [0.4, 0.5) is 11.5 Å². The Balaban J connectivity index is 1.85. The van der Waals surface area contributed by atoms with E-state index < -0.39 is 0 Å². The molecule has 5 heteroatoms. The minimum atomic E-state index is -0.114. The van der Waals surface area contributed by atoms with Crippen molar-refractivity contribution in [1.82, 2.24) is 9.78 Å². The van der Waals surface area contributed by atoms with Crippen molar-refractivity contribution in [3.05, 3.63) is 71.0 Å². The van der Waals surface area contributed by atoms with Gasteiger partial charge in [0.2, 0.25) is 0 Å². The number of H-pyrrole nitrogens is 1. The van der Waals surface area contributed by atoms with Crippen LogP contribution < -0.4 is 15.6 Å². The average molecular weight is 281 g/mol. The number of anilines is 2. The van der Waals surface area contributed by atoms with Gasteiger partial charge in [-0.25, -0.2) is 4.68 Å². The van der Waals surface area contributed by atoms with Gasteiger partial charge in [0.15, 0.2) is 0 Å². The maximum absolute atomic E-state index is 12.0. The van der Waals surface area contributed by atoms with Gasteiger partial charge in [0.05, 0.1) is 12.8 Å². The van der Waals surface area contributed by atoms with E-state index in [1.807, 2.05) is 54.6 Å². The number of nitrogens with one attached hydrogen (secondary N) is 2. The van der Waals surface area contributed by atoms with E-state index in [-0.39, 0.29) is 5.56 Å². The molecular weight excluding hydrogens is 266 g/mol. The van der Waals surface area contributed by atoms with Crippen LogP contribution in [0.2, 0.25) is 0 Å². The molecule has 0 aliphatic rings. The molecule has 0 fully saturated rings. The van der Waals surface area contributed by atoms with Gasteiger partial charge >= 0.3 is 0 Å². The number of nitrogens with zero attached hydrogens (tertiary/aromatic N) is 1. The van der Waals surface area contributed by atoms with Crippen molar-refractivity contribution in [1.29, 1.82) is 0 Å². The van der Waals surface area contributed by atoms with Crippen molar-refractivity contribution in [2.75, 3.05) is 12.4 Å². The van der Waals surface area contributed by atoms with E-state index in [1.54, 1.807) is 7.11 Å². The number of rotatable bonds is 4. The van der Waals surface area contributed by atoms with Crippen molar-refractivity contribution in [2.45, 2.75) is 0 Å². The predicted molar refractivity (Wildman–Crippen MR) is 82.7 cm³/mol. The first-order valence-corrected chi connectivity index (χ1v) is 6.55. The van der Waals surface area contributed by atoms with E-state index >= 15 is 0 Å². The monoisotopic (exact) mass is 281 g/mol. The lowest BCUT2D eigenvalue weighted by molar-refractivity contribution is 0.415. The minimum absolute atomic E-state index is 0.114. The van der Waals surface area contributed by atoms with E-state index in [1.165, 1.54) is 10.7 Å². The van der Waals surface area contributed by atoms with Crippen LogP contribution >= 0.6 is 0 Å². The highest BCUT2D eigenvalue weighted by molar-refractivity contribution is 5.57. The average Bonchev–Trinajstić information content (AvgIpc) is 2.89. The van der Waals surface area contributed by atoms with Gasteiger partial charge in [-0.3, -0.25) is 9.89 Å². The lowest BCUT2D eigenvalue weighted by Gasteiger charge is -2.05. The fraction of sp³-hybridized carbons (Fsp3) is 0.0625. The fourth-order valence-electron chi connectivity index (χ4n) is 2.06. The maximum atomic E-state index is 12.0. The van der Waals surface area contributed by atoms with Crippen LogP contribution in [0.25, 0.3) is 5.69 Å². The molecule has 2 N–H and O–H groups in total. The molecule has 0 saturated carbocycles. The molecule has 0 aliphatic heterocycles. The highest BCUT2D eigenvalue weighted by atomic mass is 16.5. The third kappa shape index (κ3) is 2.81. The summed E-state index contributed by atoms with van der Waals surface area (Å²) in [5.41, 5.74) is 1.56. The number of hydrogen-bond acceptors (Lipinski definition) is 3.